The number of nitrogens with zero attached hydrogens (tertiary/aromatic N) is 5. The van der Waals surface area contributed by atoms with Gasteiger partial charge in [0.2, 0.25) is 5.91 Å². The van der Waals surface area contributed by atoms with Gasteiger partial charge in [0.1, 0.15) is 0 Å². The minimum absolute atomic E-state index is 0.00991. The van der Waals surface area contributed by atoms with E-state index in [2.05, 4.69) is 4.90 Å². The van der Waals surface area contributed by atoms with Gasteiger partial charge in [0.15, 0.2) is 0 Å². The molecule has 0 bridgehead atoms. The summed E-state index contributed by atoms with van der Waals surface area (Å²) in [5.74, 6) is -0.966. The normalized spacial score (nSPS) is 15.9. The minimum atomic E-state index is -0.321. The summed E-state index contributed by atoms with van der Waals surface area (Å²) >= 11 is 0. The van der Waals surface area contributed by atoms with Crippen LogP contribution in [0.25, 0.3) is 0 Å². The van der Waals surface area contributed by atoms with E-state index >= 15 is 0 Å². The highest BCUT2D eigenvalue weighted by atomic mass is 16.5. The molecule has 12 heteroatoms. The highest BCUT2D eigenvalue weighted by molar-refractivity contribution is 5.78. The predicted molar refractivity (Wildman–Crippen MR) is 183 cm³/mol. The fraction of sp³-hybridized carbons (Fsp3) is 0.556. The summed E-state index contributed by atoms with van der Waals surface area (Å²) in [6, 6.07) is 19.9. The van der Waals surface area contributed by atoms with Gasteiger partial charge in [-0.05, 0) is 31.9 Å². The van der Waals surface area contributed by atoms with Crippen molar-refractivity contribution >= 4 is 23.8 Å². The van der Waals surface area contributed by atoms with E-state index in [9.17, 15) is 19.2 Å². The lowest BCUT2D eigenvalue weighted by Gasteiger charge is -2.34. The van der Waals surface area contributed by atoms with E-state index in [4.69, 9.17) is 14.2 Å². The second-order valence-electron chi connectivity index (χ2n) is 11.7. The van der Waals surface area contributed by atoms with Gasteiger partial charge in [-0.2, -0.15) is 0 Å². The molecule has 0 atom stereocenters. The van der Waals surface area contributed by atoms with Gasteiger partial charge in [0.25, 0.3) is 0 Å². The maximum absolute atomic E-state index is 14.0. The molecule has 1 fully saturated rings. The highest BCUT2D eigenvalue weighted by Gasteiger charge is 2.24. The maximum Gasteiger partial charge on any atom is 0.320 e. The lowest BCUT2D eigenvalue weighted by molar-refractivity contribution is -0.146. The molecule has 0 N–H and O–H groups in total. The number of ether oxygens (including phenoxy) is 3. The third-order valence-electron chi connectivity index (χ3n) is 8.05. The zero-order valence-corrected chi connectivity index (χ0v) is 28.9. The summed E-state index contributed by atoms with van der Waals surface area (Å²) in [6.45, 7) is 11.7. The predicted octanol–water partition coefficient (Wildman–Crippen LogP) is 2.13. The molecule has 1 aliphatic rings. The standard InChI is InChI=1S/C36H53N5O7/c1-4-46-34(43)28-38-19-17-37(27-33(42)41(25-31-13-9-7-10-14-31)26-32-15-11-8-12-16-32)18-20-39(29-35(44)47-5-2)22-24-40(23-21-38)30-36(45)48-6-3/h7-16H,4-6,17-30H2,1-3H3. The fourth-order valence-electron chi connectivity index (χ4n) is 5.51. The van der Waals surface area contributed by atoms with E-state index in [1.807, 2.05) is 80.3 Å². The van der Waals surface area contributed by atoms with Gasteiger partial charge in [-0.3, -0.25) is 38.8 Å². The van der Waals surface area contributed by atoms with E-state index in [1.54, 1.807) is 20.8 Å². The third kappa shape index (κ3) is 14.9. The summed E-state index contributed by atoms with van der Waals surface area (Å²) in [7, 11) is 0. The summed E-state index contributed by atoms with van der Waals surface area (Å²) in [5, 5.41) is 0. The van der Waals surface area contributed by atoms with Crippen molar-refractivity contribution in [2.75, 3.05) is 98.4 Å². The second-order valence-corrected chi connectivity index (χ2v) is 11.7. The van der Waals surface area contributed by atoms with E-state index in [1.165, 1.54) is 0 Å². The van der Waals surface area contributed by atoms with Gasteiger partial charge in [-0.1, -0.05) is 60.7 Å². The number of hydrogen-bond donors (Lipinski definition) is 0. The van der Waals surface area contributed by atoms with Crippen molar-refractivity contribution in [1.82, 2.24) is 24.5 Å². The first kappa shape index (κ1) is 38.6. The molecule has 264 valence electrons. The first-order valence-corrected chi connectivity index (χ1v) is 17.0. The largest absolute Gasteiger partial charge is 0.465 e. The van der Waals surface area contributed by atoms with Crippen molar-refractivity contribution in [3.05, 3.63) is 71.8 Å². The zero-order valence-electron chi connectivity index (χ0n) is 28.9. The Morgan fingerprint density at radius 2 is 0.792 bits per heavy atom. The molecule has 1 saturated heterocycles. The van der Waals surface area contributed by atoms with Crippen LogP contribution in [0.2, 0.25) is 0 Å². The molecule has 12 nitrogen and oxygen atoms in total. The van der Waals surface area contributed by atoms with E-state index in [0.29, 0.717) is 72.1 Å². The quantitative estimate of drug-likeness (QED) is 0.206. The van der Waals surface area contributed by atoms with Gasteiger partial charge < -0.3 is 19.1 Å². The molecule has 0 aromatic heterocycles. The van der Waals surface area contributed by atoms with Crippen LogP contribution >= 0.6 is 0 Å². The van der Waals surface area contributed by atoms with Gasteiger partial charge in [0.05, 0.1) is 46.0 Å². The van der Waals surface area contributed by atoms with Crippen LogP contribution in [0.1, 0.15) is 31.9 Å². The Kier molecular flexibility index (Phi) is 17.6. The van der Waals surface area contributed by atoms with E-state index < -0.39 is 0 Å². The van der Waals surface area contributed by atoms with Crippen LogP contribution in [-0.2, 0) is 46.5 Å². The number of hydrogen-bond acceptors (Lipinski definition) is 11. The van der Waals surface area contributed by atoms with Crippen LogP contribution in [-0.4, -0.2) is 147 Å². The van der Waals surface area contributed by atoms with Gasteiger partial charge in [-0.25, -0.2) is 0 Å². The molecule has 48 heavy (non-hydrogen) atoms. The second kappa shape index (κ2) is 21.9. The van der Waals surface area contributed by atoms with Crippen molar-refractivity contribution < 1.29 is 33.4 Å². The average Bonchev–Trinajstić information content (AvgIpc) is 3.06. The fourth-order valence-corrected chi connectivity index (χ4v) is 5.51. The summed E-state index contributed by atoms with van der Waals surface area (Å²) in [6.07, 6.45) is 0. The molecule has 0 spiro atoms. The lowest BCUT2D eigenvalue weighted by Crippen LogP contribution is -2.50. The zero-order chi connectivity index (χ0) is 34.6. The molecule has 2 aromatic rings. The van der Waals surface area contributed by atoms with E-state index in [-0.39, 0.29) is 63.2 Å². The Morgan fingerprint density at radius 1 is 0.500 bits per heavy atom. The molecule has 0 aliphatic carbocycles. The van der Waals surface area contributed by atoms with Gasteiger partial charge in [0, 0.05) is 65.4 Å². The molecule has 2 aromatic carbocycles. The minimum Gasteiger partial charge on any atom is -0.465 e. The molecular weight excluding hydrogens is 614 g/mol. The van der Waals surface area contributed by atoms with Crippen LogP contribution in [0.3, 0.4) is 0 Å². The SMILES string of the molecule is CCOC(=O)CN1CCN(CC(=O)OCC)CCN(CC(=O)N(Cc2ccccc2)Cc2ccccc2)CCN(CC(=O)OCC)CC1. The molecule has 1 aliphatic heterocycles. The Hall–Kier alpha value is -3.84. The molecule has 0 unspecified atom stereocenters. The molecule has 1 amide bonds. The molecule has 1 heterocycles. The topological polar surface area (TPSA) is 112 Å². The molecular formula is C36H53N5O7. The molecule has 0 radical (unpaired) electrons. The number of rotatable bonds is 15. The van der Waals surface area contributed by atoms with Crippen LogP contribution in [0.5, 0.6) is 0 Å². The summed E-state index contributed by atoms with van der Waals surface area (Å²) in [5.41, 5.74) is 2.09. The number of benzene rings is 2. The van der Waals surface area contributed by atoms with Crippen LogP contribution in [0.15, 0.2) is 60.7 Å². The monoisotopic (exact) mass is 667 g/mol. The van der Waals surface area contributed by atoms with Gasteiger partial charge in [-0.15, -0.1) is 0 Å². The van der Waals surface area contributed by atoms with Crippen LogP contribution < -0.4 is 0 Å². The molecule has 0 saturated carbocycles. The van der Waals surface area contributed by atoms with Crippen LogP contribution in [0.4, 0.5) is 0 Å². The molecule has 3 rings (SSSR count). The van der Waals surface area contributed by atoms with Crippen molar-refractivity contribution in [2.24, 2.45) is 0 Å². The first-order chi connectivity index (χ1) is 23.3. The van der Waals surface area contributed by atoms with Crippen LogP contribution in [0, 0.1) is 0 Å². The lowest BCUT2D eigenvalue weighted by atomic mass is 10.1. The third-order valence-corrected chi connectivity index (χ3v) is 8.05. The van der Waals surface area contributed by atoms with Crippen molar-refractivity contribution in [3.8, 4) is 0 Å². The highest BCUT2D eigenvalue weighted by Crippen LogP contribution is 2.12. The Bertz CT molecular complexity index is 1170. The number of esters is 3. The average molecular weight is 668 g/mol. The number of carbonyl (C=O) groups excluding carboxylic acids is 4. The van der Waals surface area contributed by atoms with Crippen molar-refractivity contribution in [3.63, 3.8) is 0 Å². The number of carbonyl (C=O) groups is 4. The Balaban J connectivity index is 1.82. The van der Waals surface area contributed by atoms with Crippen molar-refractivity contribution in [2.45, 2.75) is 33.9 Å². The maximum atomic E-state index is 14.0. The summed E-state index contributed by atoms with van der Waals surface area (Å²) in [4.78, 5) is 61.5. The van der Waals surface area contributed by atoms with E-state index in [0.717, 1.165) is 11.1 Å². The summed E-state index contributed by atoms with van der Waals surface area (Å²) < 4.78 is 15.7. The van der Waals surface area contributed by atoms with Gasteiger partial charge >= 0.3 is 17.9 Å². The Labute approximate surface area is 285 Å². The Morgan fingerprint density at radius 3 is 1.08 bits per heavy atom. The van der Waals surface area contributed by atoms with Crippen molar-refractivity contribution in [1.29, 1.82) is 0 Å². The smallest absolute Gasteiger partial charge is 0.320 e. The first-order valence-electron chi connectivity index (χ1n) is 17.0. The number of amides is 1.